The SMILES string of the molecule is C=CCB1N(C)B(C)N(C)B(C)N1C. The van der Waals surface area contributed by atoms with Gasteiger partial charge in [-0.2, -0.15) is 0 Å². The van der Waals surface area contributed by atoms with Gasteiger partial charge < -0.3 is 14.2 Å². The van der Waals surface area contributed by atoms with E-state index in [0.29, 0.717) is 20.9 Å². The van der Waals surface area contributed by atoms with Crippen molar-refractivity contribution in [1.82, 2.24) is 14.2 Å². The summed E-state index contributed by atoms with van der Waals surface area (Å²) < 4.78 is 7.16. The van der Waals surface area contributed by atoms with Crippen LogP contribution in [-0.2, 0) is 0 Å². The molecule has 0 bridgehead atoms. The Morgan fingerprint density at radius 1 is 1.00 bits per heavy atom. The van der Waals surface area contributed by atoms with Gasteiger partial charge in [-0.15, -0.1) is 6.58 Å². The fourth-order valence-electron chi connectivity index (χ4n) is 2.15. The molecule has 1 saturated heterocycles. The third-order valence-corrected chi connectivity index (χ3v) is 3.68. The van der Waals surface area contributed by atoms with Crippen LogP contribution in [0.4, 0.5) is 0 Å². The second kappa shape index (κ2) is 4.56. The van der Waals surface area contributed by atoms with Crippen LogP contribution in [-0.4, -0.2) is 56.3 Å². The lowest BCUT2D eigenvalue weighted by Crippen LogP contribution is -2.72. The van der Waals surface area contributed by atoms with Crippen molar-refractivity contribution in [2.45, 2.75) is 20.0 Å². The minimum Gasteiger partial charge on any atom is -0.360 e. The average Bonchev–Trinajstić information content (AvgIpc) is 2.19. The van der Waals surface area contributed by atoms with Crippen LogP contribution in [0.3, 0.4) is 0 Å². The summed E-state index contributed by atoms with van der Waals surface area (Å²) in [4.78, 5) is 0. The van der Waals surface area contributed by atoms with Crippen LogP contribution < -0.4 is 0 Å². The number of hydrogen-bond acceptors (Lipinski definition) is 3. The molecule has 0 aliphatic carbocycles. The molecule has 14 heavy (non-hydrogen) atoms. The van der Waals surface area contributed by atoms with Gasteiger partial charge in [0.25, 0.3) is 20.9 Å². The lowest BCUT2D eigenvalue weighted by molar-refractivity contribution is 0.541. The Morgan fingerprint density at radius 3 is 1.79 bits per heavy atom. The molecule has 3 nitrogen and oxygen atoms in total. The average molecular weight is 191 g/mol. The zero-order chi connectivity index (χ0) is 10.9. The molecule has 1 aliphatic heterocycles. The minimum absolute atomic E-state index is 0.480. The summed E-state index contributed by atoms with van der Waals surface area (Å²) in [6, 6.07) is 0. The third-order valence-electron chi connectivity index (χ3n) is 3.68. The van der Waals surface area contributed by atoms with Gasteiger partial charge in [-0.25, -0.2) is 0 Å². The van der Waals surface area contributed by atoms with Crippen molar-refractivity contribution >= 4 is 20.9 Å². The van der Waals surface area contributed by atoms with Crippen LogP contribution in [0.5, 0.6) is 0 Å². The van der Waals surface area contributed by atoms with Gasteiger partial charge >= 0.3 is 0 Å². The molecule has 0 atom stereocenters. The molecule has 1 fully saturated rings. The van der Waals surface area contributed by atoms with Gasteiger partial charge in [-0.1, -0.05) is 19.7 Å². The highest BCUT2D eigenvalue weighted by Gasteiger charge is 2.42. The fraction of sp³-hybridized carbons (Fsp3) is 0.750. The second-order valence-electron chi connectivity index (χ2n) is 4.27. The highest BCUT2D eigenvalue weighted by Crippen LogP contribution is 2.17. The number of rotatable bonds is 2. The van der Waals surface area contributed by atoms with Crippen LogP contribution >= 0.6 is 0 Å². The Morgan fingerprint density at radius 2 is 1.43 bits per heavy atom. The lowest BCUT2D eigenvalue weighted by Gasteiger charge is -2.48. The maximum absolute atomic E-state index is 3.83. The van der Waals surface area contributed by atoms with E-state index in [9.17, 15) is 0 Å². The monoisotopic (exact) mass is 191 g/mol. The van der Waals surface area contributed by atoms with E-state index in [-0.39, 0.29) is 0 Å². The van der Waals surface area contributed by atoms with Gasteiger partial charge in [0.2, 0.25) is 0 Å². The summed E-state index contributed by atoms with van der Waals surface area (Å²) in [5.74, 6) is 0. The smallest absolute Gasteiger partial charge is 0.293 e. The molecule has 0 saturated carbocycles. The molecule has 0 aromatic rings. The van der Waals surface area contributed by atoms with E-state index >= 15 is 0 Å². The maximum atomic E-state index is 3.83. The molecule has 1 heterocycles. The Bertz CT molecular complexity index is 198. The predicted molar refractivity (Wildman–Crippen MR) is 67.3 cm³/mol. The quantitative estimate of drug-likeness (QED) is 0.469. The van der Waals surface area contributed by atoms with Gasteiger partial charge in [-0.3, -0.25) is 0 Å². The second-order valence-corrected chi connectivity index (χ2v) is 4.27. The molecule has 0 spiro atoms. The van der Waals surface area contributed by atoms with E-state index in [1.54, 1.807) is 0 Å². The standard InChI is InChI=1S/C8H20B3N3/c1-7-8-11-13(5)9(2)12(4)10(3)14(11)6/h7H,1,8H2,2-6H3. The molecule has 0 radical (unpaired) electrons. The topological polar surface area (TPSA) is 9.72 Å². The fourth-order valence-corrected chi connectivity index (χ4v) is 2.15. The molecule has 1 aliphatic rings. The Labute approximate surface area is 89.5 Å². The first kappa shape index (κ1) is 11.9. The minimum atomic E-state index is 0.480. The number of nitrogens with zero attached hydrogens (tertiary/aromatic N) is 3. The van der Waals surface area contributed by atoms with E-state index in [1.165, 1.54) is 0 Å². The van der Waals surface area contributed by atoms with Crippen LogP contribution in [0.2, 0.25) is 20.0 Å². The van der Waals surface area contributed by atoms with Crippen LogP contribution in [0, 0.1) is 0 Å². The van der Waals surface area contributed by atoms with Crippen molar-refractivity contribution < 1.29 is 0 Å². The molecule has 1 rings (SSSR count). The van der Waals surface area contributed by atoms with Gasteiger partial charge in [0, 0.05) is 0 Å². The number of allylic oxidation sites excluding steroid dienone is 1. The van der Waals surface area contributed by atoms with Crippen molar-refractivity contribution in [1.29, 1.82) is 0 Å². The summed E-state index contributed by atoms with van der Waals surface area (Å²) in [5, 5.41) is 0. The molecule has 0 unspecified atom stereocenters. The summed E-state index contributed by atoms with van der Waals surface area (Å²) in [6.07, 6.45) is 3.03. The van der Waals surface area contributed by atoms with Gasteiger partial charge in [0.05, 0.1) is 0 Å². The van der Waals surface area contributed by atoms with Crippen molar-refractivity contribution in [3.63, 3.8) is 0 Å². The van der Waals surface area contributed by atoms with Crippen LogP contribution in [0.15, 0.2) is 12.7 Å². The third kappa shape index (κ3) is 1.92. The molecular weight excluding hydrogens is 171 g/mol. The van der Waals surface area contributed by atoms with Gasteiger partial charge in [0.1, 0.15) is 0 Å². The first-order valence-electron chi connectivity index (χ1n) is 5.27. The van der Waals surface area contributed by atoms with Crippen molar-refractivity contribution in [3.05, 3.63) is 12.7 Å². The molecule has 0 amide bonds. The molecule has 6 heteroatoms. The van der Waals surface area contributed by atoms with E-state index in [0.717, 1.165) is 6.32 Å². The Kier molecular flexibility index (Phi) is 3.87. The van der Waals surface area contributed by atoms with E-state index in [1.807, 2.05) is 6.08 Å². The highest BCUT2D eigenvalue weighted by molar-refractivity contribution is 6.85. The molecule has 0 aromatic carbocycles. The van der Waals surface area contributed by atoms with Crippen LogP contribution in [0.1, 0.15) is 0 Å². The Hall–Kier alpha value is -0.185. The van der Waals surface area contributed by atoms with Crippen molar-refractivity contribution in [2.24, 2.45) is 0 Å². The van der Waals surface area contributed by atoms with E-state index in [2.05, 4.69) is 55.5 Å². The normalized spacial score (nSPS) is 21.9. The lowest BCUT2D eigenvalue weighted by atomic mass is 9.44. The zero-order valence-electron chi connectivity index (χ0n) is 10.1. The molecular formula is C8H20B3N3. The first-order valence-corrected chi connectivity index (χ1v) is 5.27. The summed E-state index contributed by atoms with van der Waals surface area (Å²) in [7, 11) is 6.53. The van der Waals surface area contributed by atoms with Gasteiger partial charge in [-0.05, 0) is 27.5 Å². The van der Waals surface area contributed by atoms with Crippen molar-refractivity contribution in [2.75, 3.05) is 21.1 Å². The zero-order valence-corrected chi connectivity index (χ0v) is 10.1. The largest absolute Gasteiger partial charge is 0.360 e. The van der Waals surface area contributed by atoms with Gasteiger partial charge in [0.15, 0.2) is 0 Å². The molecule has 0 N–H and O–H groups in total. The van der Waals surface area contributed by atoms with Crippen LogP contribution in [0.25, 0.3) is 0 Å². The predicted octanol–water partition coefficient (Wildman–Crippen LogP) is 0.706. The molecule has 0 aromatic heterocycles. The maximum Gasteiger partial charge on any atom is 0.293 e. The van der Waals surface area contributed by atoms with E-state index in [4.69, 9.17) is 0 Å². The first-order chi connectivity index (χ1) is 6.50. The van der Waals surface area contributed by atoms with Crippen molar-refractivity contribution in [3.8, 4) is 0 Å². The summed E-state index contributed by atoms with van der Waals surface area (Å²) >= 11 is 0. The van der Waals surface area contributed by atoms with E-state index < -0.39 is 0 Å². The summed E-state index contributed by atoms with van der Waals surface area (Å²) in [5.41, 5.74) is 0. The Balaban J connectivity index is 2.80. The summed E-state index contributed by atoms with van der Waals surface area (Å²) in [6.45, 7) is 9.79. The highest BCUT2D eigenvalue weighted by atomic mass is 15.3. The molecule has 76 valence electrons. The number of hydrogen-bond donors (Lipinski definition) is 0.